The number of nitrogens with two attached hydrogens (primary N) is 1. The van der Waals surface area contributed by atoms with Crippen LogP contribution in [0.4, 0.5) is 0 Å². The van der Waals surface area contributed by atoms with E-state index in [1.165, 1.54) is 0 Å². The number of carboxylic acids is 1. The number of aliphatic carboxylic acids is 1. The minimum absolute atomic E-state index is 0.0558. The van der Waals surface area contributed by atoms with Gasteiger partial charge in [-0.3, -0.25) is 9.48 Å². The molecule has 0 aromatic carbocycles. The van der Waals surface area contributed by atoms with E-state index in [1.54, 1.807) is 10.9 Å². The third-order valence-electron chi connectivity index (χ3n) is 2.33. The van der Waals surface area contributed by atoms with Crippen molar-refractivity contribution in [3.05, 3.63) is 18.0 Å². The van der Waals surface area contributed by atoms with Crippen LogP contribution in [-0.2, 0) is 4.79 Å². The number of nitrogens with zero attached hydrogens (tertiary/aromatic N) is 2. The Kier molecular flexibility index (Phi) is 3.85. The molecule has 0 spiro atoms. The average Bonchev–Trinajstić information content (AvgIpc) is 2.62. The van der Waals surface area contributed by atoms with Crippen LogP contribution in [0.25, 0.3) is 0 Å². The largest absolute Gasteiger partial charge is 0.481 e. The summed E-state index contributed by atoms with van der Waals surface area (Å²) in [6.45, 7) is 4.37. The molecule has 0 aliphatic rings. The van der Waals surface area contributed by atoms with Crippen LogP contribution in [0.2, 0.25) is 0 Å². The van der Waals surface area contributed by atoms with E-state index < -0.39 is 5.97 Å². The van der Waals surface area contributed by atoms with E-state index in [0.717, 1.165) is 5.56 Å². The monoisotopic (exact) mass is 211 g/mol. The normalized spacial score (nSPS) is 13.1. The molecule has 0 amide bonds. The van der Waals surface area contributed by atoms with Gasteiger partial charge in [0, 0.05) is 18.2 Å². The Morgan fingerprint density at radius 3 is 2.73 bits per heavy atom. The number of rotatable bonds is 5. The van der Waals surface area contributed by atoms with Crippen molar-refractivity contribution in [2.45, 2.75) is 32.2 Å². The molecule has 5 nitrogen and oxygen atoms in total. The summed E-state index contributed by atoms with van der Waals surface area (Å²) >= 11 is 0. The highest BCUT2D eigenvalue weighted by atomic mass is 16.4. The van der Waals surface area contributed by atoms with Gasteiger partial charge in [-0.15, -0.1) is 0 Å². The molecule has 0 bridgehead atoms. The van der Waals surface area contributed by atoms with Gasteiger partial charge in [0.05, 0.1) is 12.6 Å². The maximum atomic E-state index is 10.6. The van der Waals surface area contributed by atoms with Crippen LogP contribution in [0, 0.1) is 0 Å². The van der Waals surface area contributed by atoms with E-state index in [2.05, 4.69) is 5.10 Å². The molecule has 0 radical (unpaired) electrons. The molecule has 1 aromatic rings. The molecule has 15 heavy (non-hydrogen) atoms. The van der Waals surface area contributed by atoms with Crippen LogP contribution in [0.1, 0.15) is 37.8 Å². The summed E-state index contributed by atoms with van der Waals surface area (Å²) in [7, 11) is 0. The molecule has 1 unspecified atom stereocenters. The van der Waals surface area contributed by atoms with E-state index in [4.69, 9.17) is 10.8 Å². The van der Waals surface area contributed by atoms with Crippen LogP contribution < -0.4 is 5.73 Å². The molecule has 1 rings (SSSR count). The summed E-state index contributed by atoms with van der Waals surface area (Å²) in [5, 5.41) is 12.9. The van der Waals surface area contributed by atoms with Gasteiger partial charge in [-0.05, 0) is 26.0 Å². The molecule has 0 fully saturated rings. The molecular weight excluding hydrogens is 194 g/mol. The minimum Gasteiger partial charge on any atom is -0.481 e. The summed E-state index contributed by atoms with van der Waals surface area (Å²) in [5.41, 5.74) is 6.43. The molecule has 0 aliphatic heterocycles. The van der Waals surface area contributed by atoms with Crippen molar-refractivity contribution >= 4 is 5.97 Å². The molecule has 5 heteroatoms. The summed E-state index contributed by atoms with van der Waals surface area (Å²) in [6.07, 6.45) is 3.62. The van der Waals surface area contributed by atoms with Crippen molar-refractivity contribution in [2.24, 2.45) is 5.73 Å². The van der Waals surface area contributed by atoms with Crippen LogP contribution in [0.5, 0.6) is 0 Å². The average molecular weight is 211 g/mol. The zero-order valence-corrected chi connectivity index (χ0v) is 9.05. The second-order valence-electron chi connectivity index (χ2n) is 3.88. The molecule has 84 valence electrons. The molecule has 1 atom stereocenters. The van der Waals surface area contributed by atoms with E-state index >= 15 is 0 Å². The van der Waals surface area contributed by atoms with Gasteiger partial charge in [0.25, 0.3) is 0 Å². The van der Waals surface area contributed by atoms with Crippen LogP contribution in [0.3, 0.4) is 0 Å². The summed E-state index contributed by atoms with van der Waals surface area (Å²) in [6, 6.07) is 0.280. The number of carboxylic acid groups (broad SMARTS) is 1. The van der Waals surface area contributed by atoms with Crippen LogP contribution >= 0.6 is 0 Å². The lowest BCUT2D eigenvalue weighted by Crippen LogP contribution is -2.15. The van der Waals surface area contributed by atoms with Gasteiger partial charge < -0.3 is 10.8 Å². The highest BCUT2D eigenvalue weighted by molar-refractivity contribution is 5.68. The Balaban J connectivity index is 2.78. The predicted molar refractivity (Wildman–Crippen MR) is 56.7 cm³/mol. The van der Waals surface area contributed by atoms with Gasteiger partial charge in [0.1, 0.15) is 0 Å². The van der Waals surface area contributed by atoms with Crippen molar-refractivity contribution in [1.82, 2.24) is 9.78 Å². The maximum absolute atomic E-state index is 10.6. The quantitative estimate of drug-likeness (QED) is 0.760. The number of carbonyl (C=O) groups is 1. The number of aromatic nitrogens is 2. The molecule has 0 aliphatic carbocycles. The van der Waals surface area contributed by atoms with E-state index in [-0.39, 0.29) is 18.4 Å². The third kappa shape index (κ3) is 3.06. The van der Waals surface area contributed by atoms with Crippen molar-refractivity contribution in [1.29, 1.82) is 0 Å². The number of hydrogen-bond donors (Lipinski definition) is 2. The van der Waals surface area contributed by atoms with Crippen LogP contribution in [-0.4, -0.2) is 27.4 Å². The molecular formula is C10H17N3O2. The smallest absolute Gasteiger partial charge is 0.304 e. The lowest BCUT2D eigenvalue weighted by molar-refractivity contribution is -0.137. The van der Waals surface area contributed by atoms with Crippen molar-refractivity contribution in [3.63, 3.8) is 0 Å². The Morgan fingerprint density at radius 2 is 2.33 bits per heavy atom. The number of hydrogen-bond acceptors (Lipinski definition) is 3. The van der Waals surface area contributed by atoms with Gasteiger partial charge in [-0.2, -0.15) is 5.10 Å². The summed E-state index contributed by atoms with van der Waals surface area (Å²) in [5.74, 6) is -0.974. The Labute approximate surface area is 88.9 Å². The third-order valence-corrected chi connectivity index (χ3v) is 2.33. The lowest BCUT2D eigenvalue weighted by atomic mass is 9.99. The second-order valence-corrected chi connectivity index (χ2v) is 3.88. The maximum Gasteiger partial charge on any atom is 0.304 e. The first-order valence-electron chi connectivity index (χ1n) is 5.00. The van der Waals surface area contributed by atoms with Crippen molar-refractivity contribution in [2.75, 3.05) is 6.54 Å². The molecule has 1 aromatic heterocycles. The molecule has 0 saturated heterocycles. The highest BCUT2D eigenvalue weighted by Gasteiger charge is 2.16. The van der Waals surface area contributed by atoms with Gasteiger partial charge in [0.2, 0.25) is 0 Å². The molecule has 0 saturated carbocycles. The lowest BCUT2D eigenvalue weighted by Gasteiger charge is -2.09. The first-order chi connectivity index (χ1) is 7.04. The fraction of sp³-hybridized carbons (Fsp3) is 0.600. The van der Waals surface area contributed by atoms with Crippen molar-refractivity contribution < 1.29 is 9.90 Å². The minimum atomic E-state index is -0.831. The van der Waals surface area contributed by atoms with E-state index in [9.17, 15) is 4.79 Å². The topological polar surface area (TPSA) is 81.1 Å². The van der Waals surface area contributed by atoms with Gasteiger partial charge >= 0.3 is 5.97 Å². The van der Waals surface area contributed by atoms with Gasteiger partial charge in [-0.25, -0.2) is 0 Å². The van der Waals surface area contributed by atoms with Gasteiger partial charge in [0.15, 0.2) is 0 Å². The zero-order chi connectivity index (χ0) is 11.4. The SMILES string of the molecule is CC(C)n1cc(C(CN)CC(=O)O)cn1. The molecule has 1 heterocycles. The fourth-order valence-corrected chi connectivity index (χ4v) is 1.39. The predicted octanol–water partition coefficient (Wildman–Crippen LogP) is 0.981. The van der Waals surface area contributed by atoms with Gasteiger partial charge in [-0.1, -0.05) is 0 Å². The first kappa shape index (κ1) is 11.7. The van der Waals surface area contributed by atoms with Crippen molar-refractivity contribution in [3.8, 4) is 0 Å². The second kappa shape index (κ2) is 4.93. The van der Waals surface area contributed by atoms with E-state index in [0.29, 0.717) is 6.54 Å². The highest BCUT2D eigenvalue weighted by Crippen LogP contribution is 2.18. The van der Waals surface area contributed by atoms with Crippen LogP contribution in [0.15, 0.2) is 12.4 Å². The first-order valence-corrected chi connectivity index (χ1v) is 5.00. The Hall–Kier alpha value is -1.36. The zero-order valence-electron chi connectivity index (χ0n) is 9.05. The summed E-state index contributed by atoms with van der Waals surface area (Å²) < 4.78 is 1.81. The standard InChI is InChI=1S/C10H17N3O2/c1-7(2)13-6-9(5-12-13)8(4-11)3-10(14)15/h5-8H,3-4,11H2,1-2H3,(H,14,15). The fourth-order valence-electron chi connectivity index (χ4n) is 1.39. The Bertz CT molecular complexity index is 333. The Morgan fingerprint density at radius 1 is 1.67 bits per heavy atom. The van der Waals surface area contributed by atoms with E-state index in [1.807, 2.05) is 20.0 Å². The molecule has 3 N–H and O–H groups in total. The summed E-state index contributed by atoms with van der Waals surface area (Å²) in [4.78, 5) is 10.6.